The number of hydrogen-bond donors (Lipinski definition) is 1. The average molecular weight is 363 g/mol. The second-order valence-corrected chi connectivity index (χ2v) is 6.24. The summed E-state index contributed by atoms with van der Waals surface area (Å²) in [6.07, 6.45) is 15.9. The SMILES string of the molecule is CCCCCCC(O)CCCCCCCCCCC(=O)[O-].[Cu+2]. The van der Waals surface area contributed by atoms with Crippen molar-refractivity contribution in [2.75, 3.05) is 0 Å². The van der Waals surface area contributed by atoms with Crippen LogP contribution in [0, 0.1) is 0 Å². The Bertz CT molecular complexity index is 234. The molecule has 0 saturated carbocycles. The third kappa shape index (κ3) is 19.9. The van der Waals surface area contributed by atoms with E-state index in [-0.39, 0.29) is 29.6 Å². The number of aliphatic hydroxyl groups is 1. The number of carbonyl (C=O) groups is 1. The molecular weight excluding hydrogens is 328 g/mol. The Balaban J connectivity index is 0. The molecule has 1 unspecified atom stereocenters. The van der Waals surface area contributed by atoms with Crippen LogP contribution in [0.1, 0.15) is 103 Å². The van der Waals surface area contributed by atoms with E-state index < -0.39 is 5.97 Å². The summed E-state index contributed by atoms with van der Waals surface area (Å²) < 4.78 is 0. The standard InChI is InChI=1S/C18H36O3.Cu/c1-2-3-4-11-14-17(19)15-12-9-7-5-6-8-10-13-16-18(20)21;/h17,19H,2-16H2,1H3,(H,20,21);/q;+2/p-1. The van der Waals surface area contributed by atoms with Crippen LogP contribution >= 0.6 is 0 Å². The zero-order chi connectivity index (χ0) is 15.8. The van der Waals surface area contributed by atoms with Crippen molar-refractivity contribution >= 4 is 5.97 Å². The van der Waals surface area contributed by atoms with Gasteiger partial charge in [-0.3, -0.25) is 0 Å². The van der Waals surface area contributed by atoms with Gasteiger partial charge in [0, 0.05) is 5.97 Å². The van der Waals surface area contributed by atoms with Crippen LogP contribution in [-0.4, -0.2) is 17.2 Å². The van der Waals surface area contributed by atoms with Crippen LogP contribution in [0.4, 0.5) is 0 Å². The van der Waals surface area contributed by atoms with Crippen molar-refractivity contribution < 1.29 is 32.1 Å². The predicted molar refractivity (Wildman–Crippen MR) is 85.9 cm³/mol. The summed E-state index contributed by atoms with van der Waals surface area (Å²) in [5.41, 5.74) is 0. The Hall–Kier alpha value is -0.0505. The van der Waals surface area contributed by atoms with Crippen LogP contribution in [0.15, 0.2) is 0 Å². The molecular formula is C18H35CuO3+. The van der Waals surface area contributed by atoms with E-state index >= 15 is 0 Å². The molecule has 0 heterocycles. The Kier molecular flexibility index (Phi) is 20.9. The molecule has 22 heavy (non-hydrogen) atoms. The smallest absolute Gasteiger partial charge is 0.550 e. The maximum absolute atomic E-state index is 10.2. The number of aliphatic hydroxyl groups excluding tert-OH is 1. The van der Waals surface area contributed by atoms with E-state index in [1.807, 2.05) is 0 Å². The molecule has 0 aliphatic carbocycles. The summed E-state index contributed by atoms with van der Waals surface area (Å²) in [5.74, 6) is -0.928. The van der Waals surface area contributed by atoms with Crippen molar-refractivity contribution in [3.05, 3.63) is 0 Å². The summed E-state index contributed by atoms with van der Waals surface area (Å²) >= 11 is 0. The van der Waals surface area contributed by atoms with Crippen LogP contribution < -0.4 is 5.11 Å². The fourth-order valence-electron chi connectivity index (χ4n) is 2.66. The molecule has 0 spiro atoms. The van der Waals surface area contributed by atoms with Crippen molar-refractivity contribution in [1.82, 2.24) is 0 Å². The van der Waals surface area contributed by atoms with Crippen molar-refractivity contribution in [2.45, 2.75) is 109 Å². The maximum atomic E-state index is 10.2. The first kappa shape index (κ1) is 24.2. The van der Waals surface area contributed by atoms with E-state index in [9.17, 15) is 15.0 Å². The zero-order valence-electron chi connectivity index (χ0n) is 14.2. The molecule has 0 aliphatic heterocycles. The van der Waals surface area contributed by atoms with Gasteiger partial charge in [-0.25, -0.2) is 0 Å². The van der Waals surface area contributed by atoms with Gasteiger partial charge in [0.05, 0.1) is 6.10 Å². The summed E-state index contributed by atoms with van der Waals surface area (Å²) in [6, 6.07) is 0. The summed E-state index contributed by atoms with van der Waals surface area (Å²) in [6.45, 7) is 2.21. The largest absolute Gasteiger partial charge is 2.00 e. The van der Waals surface area contributed by atoms with E-state index in [4.69, 9.17) is 0 Å². The van der Waals surface area contributed by atoms with Gasteiger partial charge in [-0.05, 0) is 25.7 Å². The molecule has 3 nitrogen and oxygen atoms in total. The molecule has 0 aromatic rings. The average Bonchev–Trinajstić information content (AvgIpc) is 2.45. The van der Waals surface area contributed by atoms with Gasteiger partial charge in [0.2, 0.25) is 0 Å². The second-order valence-electron chi connectivity index (χ2n) is 6.24. The molecule has 1 N–H and O–H groups in total. The minimum Gasteiger partial charge on any atom is -0.550 e. The van der Waals surface area contributed by atoms with Gasteiger partial charge < -0.3 is 15.0 Å². The first-order chi connectivity index (χ1) is 10.2. The molecule has 4 heteroatoms. The third-order valence-electron chi connectivity index (χ3n) is 4.06. The number of carbonyl (C=O) groups excluding carboxylic acids is 1. The zero-order valence-corrected chi connectivity index (χ0v) is 15.2. The van der Waals surface area contributed by atoms with E-state index in [1.165, 1.54) is 51.4 Å². The molecule has 0 aromatic heterocycles. The minimum atomic E-state index is -0.928. The van der Waals surface area contributed by atoms with Crippen molar-refractivity contribution in [3.63, 3.8) is 0 Å². The minimum absolute atomic E-state index is 0. The number of carboxylic acid groups (broad SMARTS) is 1. The molecule has 0 aromatic carbocycles. The van der Waals surface area contributed by atoms with E-state index in [0.29, 0.717) is 0 Å². The normalized spacial score (nSPS) is 11.9. The van der Waals surface area contributed by atoms with Gasteiger partial charge in [0.25, 0.3) is 0 Å². The Morgan fingerprint density at radius 3 is 1.68 bits per heavy atom. The predicted octanol–water partition coefficient (Wildman–Crippen LogP) is 3.97. The molecule has 0 saturated heterocycles. The molecule has 0 fully saturated rings. The van der Waals surface area contributed by atoms with Gasteiger partial charge in [0.1, 0.15) is 0 Å². The van der Waals surface area contributed by atoms with Crippen molar-refractivity contribution in [1.29, 1.82) is 0 Å². The number of unbranched alkanes of at least 4 members (excludes halogenated alkanes) is 10. The Morgan fingerprint density at radius 1 is 0.818 bits per heavy atom. The number of rotatable bonds is 16. The summed E-state index contributed by atoms with van der Waals surface area (Å²) in [7, 11) is 0. The monoisotopic (exact) mass is 362 g/mol. The topological polar surface area (TPSA) is 60.4 Å². The first-order valence-corrected chi connectivity index (χ1v) is 9.04. The molecule has 1 radical (unpaired) electrons. The maximum Gasteiger partial charge on any atom is 2.00 e. The number of carboxylic acids is 1. The van der Waals surface area contributed by atoms with Crippen LogP contribution in [-0.2, 0) is 21.9 Å². The van der Waals surface area contributed by atoms with Crippen LogP contribution in [0.2, 0.25) is 0 Å². The first-order valence-electron chi connectivity index (χ1n) is 9.04. The van der Waals surface area contributed by atoms with Crippen molar-refractivity contribution in [2.24, 2.45) is 0 Å². The molecule has 135 valence electrons. The Morgan fingerprint density at radius 2 is 1.23 bits per heavy atom. The number of hydrogen-bond acceptors (Lipinski definition) is 3. The van der Waals surface area contributed by atoms with E-state index in [2.05, 4.69) is 6.92 Å². The van der Waals surface area contributed by atoms with Gasteiger partial charge >= 0.3 is 17.1 Å². The molecule has 0 bridgehead atoms. The summed E-state index contributed by atoms with van der Waals surface area (Å²) in [5, 5.41) is 20.1. The van der Waals surface area contributed by atoms with Crippen LogP contribution in [0.5, 0.6) is 0 Å². The fraction of sp³-hybridized carbons (Fsp3) is 0.944. The molecule has 0 amide bonds. The van der Waals surface area contributed by atoms with Gasteiger partial charge in [-0.1, -0.05) is 77.6 Å². The van der Waals surface area contributed by atoms with Gasteiger partial charge in [-0.2, -0.15) is 0 Å². The molecule has 0 aliphatic rings. The molecule has 0 rings (SSSR count). The third-order valence-corrected chi connectivity index (χ3v) is 4.06. The second kappa shape index (κ2) is 19.0. The quantitative estimate of drug-likeness (QED) is 0.334. The number of aliphatic carboxylic acids is 1. The van der Waals surface area contributed by atoms with Crippen molar-refractivity contribution in [3.8, 4) is 0 Å². The fourth-order valence-corrected chi connectivity index (χ4v) is 2.66. The van der Waals surface area contributed by atoms with E-state index in [1.54, 1.807) is 0 Å². The molecule has 1 atom stereocenters. The van der Waals surface area contributed by atoms with Gasteiger partial charge in [-0.15, -0.1) is 0 Å². The van der Waals surface area contributed by atoms with Crippen LogP contribution in [0.25, 0.3) is 0 Å². The van der Waals surface area contributed by atoms with E-state index in [0.717, 1.165) is 38.5 Å². The van der Waals surface area contributed by atoms with Crippen LogP contribution in [0.3, 0.4) is 0 Å². The summed E-state index contributed by atoms with van der Waals surface area (Å²) in [4.78, 5) is 10.2. The Labute approximate surface area is 147 Å². The van der Waals surface area contributed by atoms with Gasteiger partial charge in [0.15, 0.2) is 0 Å².